The summed E-state index contributed by atoms with van der Waals surface area (Å²) in [5, 5.41) is 11.5. The van der Waals surface area contributed by atoms with Crippen LogP contribution in [0.2, 0.25) is 0 Å². The quantitative estimate of drug-likeness (QED) is 0.541. The molecule has 0 heterocycles. The Morgan fingerprint density at radius 2 is 1.95 bits per heavy atom. The van der Waals surface area contributed by atoms with Crippen molar-refractivity contribution in [1.82, 2.24) is 10.6 Å². The molecule has 1 aromatic carbocycles. The lowest BCUT2D eigenvalue weighted by molar-refractivity contribution is 0.597. The Bertz CT molecular complexity index is 577. The monoisotopic (exact) mass is 296 g/mol. The first-order valence-corrected chi connectivity index (χ1v) is 8.10. The van der Waals surface area contributed by atoms with E-state index in [4.69, 9.17) is 5.14 Å². The molecule has 7 heteroatoms. The minimum absolute atomic E-state index is 0.123. The van der Waals surface area contributed by atoms with Crippen molar-refractivity contribution in [1.29, 1.82) is 0 Å². The fourth-order valence-corrected chi connectivity index (χ4v) is 2.28. The molecule has 20 heavy (non-hydrogen) atoms. The summed E-state index contributed by atoms with van der Waals surface area (Å²) >= 11 is 0. The molecule has 0 unspecified atom stereocenters. The Balaban J connectivity index is 1.86. The predicted octanol–water partition coefficient (Wildman–Crippen LogP) is 0.409. The number of sulfonamides is 1. The van der Waals surface area contributed by atoms with Crippen LogP contribution in [0.15, 0.2) is 34.2 Å². The second-order valence-corrected chi connectivity index (χ2v) is 6.50. The van der Waals surface area contributed by atoms with Gasteiger partial charge in [-0.15, -0.1) is 0 Å². The van der Waals surface area contributed by atoms with Gasteiger partial charge >= 0.3 is 0 Å². The molecule has 1 saturated carbocycles. The molecule has 0 aliphatic heterocycles. The average Bonchev–Trinajstić information content (AvgIpc) is 3.22. The molecule has 1 aliphatic rings. The van der Waals surface area contributed by atoms with Gasteiger partial charge in [0.1, 0.15) is 0 Å². The van der Waals surface area contributed by atoms with Crippen LogP contribution in [-0.4, -0.2) is 28.0 Å². The van der Waals surface area contributed by atoms with Gasteiger partial charge < -0.3 is 10.6 Å². The molecule has 1 fully saturated rings. The minimum atomic E-state index is -3.62. The summed E-state index contributed by atoms with van der Waals surface area (Å²) in [6, 6.07) is 6.49. The van der Waals surface area contributed by atoms with Crippen LogP contribution in [0.1, 0.15) is 18.4 Å². The molecule has 0 bridgehead atoms. The molecule has 0 aromatic heterocycles. The van der Waals surface area contributed by atoms with E-state index in [1.54, 1.807) is 19.2 Å². The van der Waals surface area contributed by atoms with Crippen molar-refractivity contribution in [3.05, 3.63) is 29.8 Å². The molecular weight excluding hydrogens is 276 g/mol. The van der Waals surface area contributed by atoms with E-state index in [1.807, 2.05) is 0 Å². The number of nitrogens with two attached hydrogens (primary N) is 1. The summed E-state index contributed by atoms with van der Waals surface area (Å²) in [5.41, 5.74) is 0.965. The van der Waals surface area contributed by atoms with Gasteiger partial charge in [0.25, 0.3) is 0 Å². The SMILES string of the molecule is CN=C(NCc1ccc(S(N)(=O)=O)cc1)NCC1CC1. The van der Waals surface area contributed by atoms with E-state index in [-0.39, 0.29) is 4.90 Å². The topological polar surface area (TPSA) is 96.6 Å². The van der Waals surface area contributed by atoms with E-state index >= 15 is 0 Å². The van der Waals surface area contributed by atoms with E-state index < -0.39 is 10.0 Å². The number of nitrogens with zero attached hydrogens (tertiary/aromatic N) is 1. The van der Waals surface area contributed by atoms with Crippen LogP contribution >= 0.6 is 0 Å². The van der Waals surface area contributed by atoms with Gasteiger partial charge in [-0.3, -0.25) is 4.99 Å². The number of rotatable bonds is 5. The summed E-state index contributed by atoms with van der Waals surface area (Å²) in [6.07, 6.45) is 2.58. The Kier molecular flexibility index (Phi) is 4.61. The summed E-state index contributed by atoms with van der Waals surface area (Å²) < 4.78 is 22.3. The van der Waals surface area contributed by atoms with E-state index in [0.717, 1.165) is 24.0 Å². The maximum Gasteiger partial charge on any atom is 0.238 e. The van der Waals surface area contributed by atoms with Gasteiger partial charge in [-0.25, -0.2) is 13.6 Å². The first kappa shape index (κ1) is 14.8. The van der Waals surface area contributed by atoms with E-state index in [1.165, 1.54) is 25.0 Å². The van der Waals surface area contributed by atoms with Crippen molar-refractivity contribution < 1.29 is 8.42 Å². The Morgan fingerprint density at radius 1 is 1.30 bits per heavy atom. The summed E-state index contributed by atoms with van der Waals surface area (Å²) in [7, 11) is -1.89. The molecule has 0 saturated heterocycles. The van der Waals surface area contributed by atoms with Crippen molar-refractivity contribution in [2.75, 3.05) is 13.6 Å². The number of nitrogens with one attached hydrogen (secondary N) is 2. The zero-order valence-corrected chi connectivity index (χ0v) is 12.3. The highest BCUT2D eigenvalue weighted by molar-refractivity contribution is 7.89. The first-order chi connectivity index (χ1) is 9.49. The zero-order valence-electron chi connectivity index (χ0n) is 11.5. The molecular formula is C13H20N4O2S. The number of guanidine groups is 1. The molecule has 2 rings (SSSR count). The van der Waals surface area contributed by atoms with Crippen LogP contribution in [0.25, 0.3) is 0 Å². The molecule has 110 valence electrons. The third kappa shape index (κ3) is 4.50. The molecule has 0 amide bonds. The second kappa shape index (κ2) is 6.23. The van der Waals surface area contributed by atoms with E-state index in [2.05, 4.69) is 15.6 Å². The highest BCUT2D eigenvalue weighted by atomic mass is 32.2. The first-order valence-electron chi connectivity index (χ1n) is 6.55. The third-order valence-electron chi connectivity index (χ3n) is 3.19. The van der Waals surface area contributed by atoms with Gasteiger partial charge in [0.05, 0.1) is 4.90 Å². The van der Waals surface area contributed by atoms with Crippen molar-refractivity contribution in [2.45, 2.75) is 24.3 Å². The summed E-state index contributed by atoms with van der Waals surface area (Å²) in [5.74, 6) is 1.54. The van der Waals surface area contributed by atoms with Gasteiger partial charge in [-0.05, 0) is 36.5 Å². The number of primary sulfonamides is 1. The summed E-state index contributed by atoms with van der Waals surface area (Å²) in [4.78, 5) is 4.26. The lowest BCUT2D eigenvalue weighted by Gasteiger charge is -2.11. The number of hydrogen-bond acceptors (Lipinski definition) is 3. The van der Waals surface area contributed by atoms with Crippen LogP contribution in [0, 0.1) is 5.92 Å². The number of hydrogen-bond donors (Lipinski definition) is 3. The van der Waals surface area contributed by atoms with Crippen LogP contribution < -0.4 is 15.8 Å². The van der Waals surface area contributed by atoms with Crippen molar-refractivity contribution in [3.63, 3.8) is 0 Å². The van der Waals surface area contributed by atoms with Gasteiger partial charge in [0.2, 0.25) is 10.0 Å². The molecule has 4 N–H and O–H groups in total. The van der Waals surface area contributed by atoms with Gasteiger partial charge in [0.15, 0.2) is 5.96 Å². The Labute approximate surface area is 119 Å². The van der Waals surface area contributed by atoms with Crippen molar-refractivity contribution in [3.8, 4) is 0 Å². The zero-order chi connectivity index (χ0) is 14.6. The maximum atomic E-state index is 11.1. The normalized spacial score (nSPS) is 16.0. The number of aliphatic imine (C=N–C) groups is 1. The minimum Gasteiger partial charge on any atom is -0.356 e. The van der Waals surface area contributed by atoms with Crippen LogP contribution in [0.5, 0.6) is 0 Å². The Hall–Kier alpha value is -1.60. The Morgan fingerprint density at radius 3 is 2.45 bits per heavy atom. The molecule has 0 atom stereocenters. The number of benzene rings is 1. The van der Waals surface area contributed by atoms with Crippen LogP contribution in [0.3, 0.4) is 0 Å². The second-order valence-electron chi connectivity index (χ2n) is 4.94. The van der Waals surface area contributed by atoms with E-state index in [9.17, 15) is 8.42 Å². The van der Waals surface area contributed by atoms with Crippen molar-refractivity contribution in [2.24, 2.45) is 16.0 Å². The lowest BCUT2D eigenvalue weighted by atomic mass is 10.2. The van der Waals surface area contributed by atoms with Crippen LogP contribution in [-0.2, 0) is 16.6 Å². The van der Waals surface area contributed by atoms with Gasteiger partial charge in [-0.2, -0.15) is 0 Å². The average molecular weight is 296 g/mol. The van der Waals surface area contributed by atoms with Gasteiger partial charge in [-0.1, -0.05) is 12.1 Å². The highest BCUT2D eigenvalue weighted by Crippen LogP contribution is 2.27. The predicted molar refractivity (Wildman–Crippen MR) is 78.7 cm³/mol. The fourth-order valence-electron chi connectivity index (χ4n) is 1.77. The third-order valence-corrected chi connectivity index (χ3v) is 4.12. The maximum absolute atomic E-state index is 11.1. The van der Waals surface area contributed by atoms with Gasteiger partial charge in [0, 0.05) is 20.1 Å². The van der Waals surface area contributed by atoms with Crippen molar-refractivity contribution >= 4 is 16.0 Å². The van der Waals surface area contributed by atoms with Crippen LogP contribution in [0.4, 0.5) is 0 Å². The standard InChI is InChI=1S/C13H20N4O2S/c1-15-13(16-8-10-2-3-10)17-9-11-4-6-12(7-5-11)20(14,18)19/h4-7,10H,2-3,8-9H2,1H3,(H2,14,18,19)(H2,15,16,17). The molecule has 0 radical (unpaired) electrons. The molecule has 1 aromatic rings. The largest absolute Gasteiger partial charge is 0.356 e. The fraction of sp³-hybridized carbons (Fsp3) is 0.462. The smallest absolute Gasteiger partial charge is 0.238 e. The molecule has 0 spiro atoms. The lowest BCUT2D eigenvalue weighted by Crippen LogP contribution is -2.37. The van der Waals surface area contributed by atoms with E-state index in [0.29, 0.717) is 6.54 Å². The molecule has 1 aliphatic carbocycles. The summed E-state index contributed by atoms with van der Waals surface area (Å²) in [6.45, 7) is 1.53. The molecule has 6 nitrogen and oxygen atoms in total. The highest BCUT2D eigenvalue weighted by Gasteiger charge is 2.20.